The molecule has 25 heavy (non-hydrogen) atoms. The molecule has 2 N–H and O–H groups in total. The smallest absolute Gasteiger partial charge is 0.240 e. The molecule has 1 atom stereocenters. The number of nitrogens with one attached hydrogen (secondary N) is 2. The third kappa shape index (κ3) is 5.91. The van der Waals surface area contributed by atoms with Crippen LogP contribution in [0.15, 0.2) is 51.1 Å². The number of halogens is 1. The number of thiophene rings is 1. The van der Waals surface area contributed by atoms with Crippen LogP contribution in [0.1, 0.15) is 31.2 Å². The van der Waals surface area contributed by atoms with E-state index < -0.39 is 10.0 Å². The maximum atomic E-state index is 12.2. The fourth-order valence-electron chi connectivity index (χ4n) is 2.28. The summed E-state index contributed by atoms with van der Waals surface area (Å²) in [6, 6.07) is 10.2. The molecule has 1 heterocycles. The number of hydrogen-bond donors (Lipinski definition) is 2. The van der Waals surface area contributed by atoms with Gasteiger partial charge >= 0.3 is 0 Å². The SMILES string of the molecule is CC(C)C(NC(=O)CCNS(=O)(=O)c1ccc(Br)cc1)c1cccs1. The molecule has 8 heteroatoms. The molecule has 0 aliphatic rings. The van der Waals surface area contributed by atoms with Gasteiger partial charge in [-0.25, -0.2) is 13.1 Å². The van der Waals surface area contributed by atoms with Crippen molar-refractivity contribution < 1.29 is 13.2 Å². The lowest BCUT2D eigenvalue weighted by molar-refractivity contribution is -0.122. The Morgan fingerprint density at radius 1 is 1.20 bits per heavy atom. The monoisotopic (exact) mass is 444 g/mol. The van der Waals surface area contributed by atoms with Crippen LogP contribution in [-0.2, 0) is 14.8 Å². The zero-order chi connectivity index (χ0) is 18.4. The number of carbonyl (C=O) groups is 1. The molecular weight excluding hydrogens is 424 g/mol. The summed E-state index contributed by atoms with van der Waals surface area (Å²) in [5, 5.41) is 4.96. The van der Waals surface area contributed by atoms with Crippen LogP contribution < -0.4 is 10.0 Å². The molecule has 0 saturated heterocycles. The summed E-state index contributed by atoms with van der Waals surface area (Å²) < 4.78 is 27.6. The van der Waals surface area contributed by atoms with Gasteiger partial charge in [-0.05, 0) is 41.6 Å². The van der Waals surface area contributed by atoms with Gasteiger partial charge in [0.2, 0.25) is 15.9 Å². The molecule has 1 aromatic heterocycles. The first-order valence-electron chi connectivity index (χ1n) is 7.87. The molecule has 5 nitrogen and oxygen atoms in total. The van der Waals surface area contributed by atoms with Gasteiger partial charge in [-0.3, -0.25) is 4.79 Å². The summed E-state index contributed by atoms with van der Waals surface area (Å²) in [6.07, 6.45) is 0.0877. The summed E-state index contributed by atoms with van der Waals surface area (Å²) >= 11 is 4.87. The first-order chi connectivity index (χ1) is 11.8. The zero-order valence-electron chi connectivity index (χ0n) is 14.0. The second kappa shape index (κ2) is 8.93. The highest BCUT2D eigenvalue weighted by Gasteiger charge is 2.20. The highest BCUT2D eigenvalue weighted by atomic mass is 79.9. The second-order valence-electron chi connectivity index (χ2n) is 5.91. The van der Waals surface area contributed by atoms with Crippen molar-refractivity contribution in [2.45, 2.75) is 31.2 Å². The van der Waals surface area contributed by atoms with Crippen molar-refractivity contribution in [2.24, 2.45) is 5.92 Å². The van der Waals surface area contributed by atoms with Crippen molar-refractivity contribution in [1.29, 1.82) is 0 Å². The van der Waals surface area contributed by atoms with Crippen LogP contribution >= 0.6 is 27.3 Å². The van der Waals surface area contributed by atoms with Crippen molar-refractivity contribution in [3.63, 3.8) is 0 Å². The standard InChI is InChI=1S/C17H21BrN2O3S2/c1-12(2)17(15-4-3-11-24-15)20-16(21)9-10-19-25(22,23)14-7-5-13(18)6-8-14/h3-8,11-12,17,19H,9-10H2,1-2H3,(H,20,21). The van der Waals surface area contributed by atoms with Gasteiger partial charge in [-0.2, -0.15) is 0 Å². The number of hydrogen-bond acceptors (Lipinski definition) is 4. The highest BCUT2D eigenvalue weighted by Crippen LogP contribution is 2.25. The molecule has 0 bridgehead atoms. The fraction of sp³-hybridized carbons (Fsp3) is 0.353. The van der Waals surface area contributed by atoms with Crippen LogP contribution in [-0.4, -0.2) is 20.9 Å². The predicted octanol–water partition coefficient (Wildman–Crippen LogP) is 3.69. The van der Waals surface area contributed by atoms with Gasteiger partial charge in [0, 0.05) is 22.3 Å². The molecule has 1 amide bonds. The third-order valence-electron chi connectivity index (χ3n) is 3.60. The Hall–Kier alpha value is -1.22. The zero-order valence-corrected chi connectivity index (χ0v) is 17.2. The van der Waals surface area contributed by atoms with Crippen molar-refractivity contribution in [1.82, 2.24) is 10.0 Å². The Labute approximate surface area is 161 Å². The van der Waals surface area contributed by atoms with Crippen LogP contribution in [0.2, 0.25) is 0 Å². The van der Waals surface area contributed by atoms with E-state index in [9.17, 15) is 13.2 Å². The van der Waals surface area contributed by atoms with Crippen molar-refractivity contribution >= 4 is 43.2 Å². The number of sulfonamides is 1. The van der Waals surface area contributed by atoms with Gasteiger partial charge < -0.3 is 5.32 Å². The highest BCUT2D eigenvalue weighted by molar-refractivity contribution is 9.10. The van der Waals surface area contributed by atoms with E-state index in [0.29, 0.717) is 0 Å². The van der Waals surface area contributed by atoms with Gasteiger partial charge in [0.25, 0.3) is 0 Å². The van der Waals surface area contributed by atoms with Crippen LogP contribution in [0, 0.1) is 5.92 Å². The Balaban J connectivity index is 1.88. The van der Waals surface area contributed by atoms with E-state index in [0.717, 1.165) is 9.35 Å². The van der Waals surface area contributed by atoms with E-state index >= 15 is 0 Å². The lowest BCUT2D eigenvalue weighted by Crippen LogP contribution is -2.34. The van der Waals surface area contributed by atoms with E-state index in [1.165, 1.54) is 12.1 Å². The quantitative estimate of drug-likeness (QED) is 0.651. The molecule has 1 unspecified atom stereocenters. The average molecular weight is 445 g/mol. The number of rotatable bonds is 8. The molecule has 0 fully saturated rings. The maximum absolute atomic E-state index is 12.2. The summed E-state index contributed by atoms with van der Waals surface area (Å²) in [4.78, 5) is 13.4. The second-order valence-corrected chi connectivity index (χ2v) is 9.57. The topological polar surface area (TPSA) is 75.3 Å². The average Bonchev–Trinajstić information content (AvgIpc) is 3.06. The Morgan fingerprint density at radius 2 is 1.88 bits per heavy atom. The normalized spacial score (nSPS) is 13.0. The summed E-state index contributed by atoms with van der Waals surface area (Å²) in [7, 11) is -3.61. The molecule has 2 aromatic rings. The molecular formula is C17H21BrN2O3S2. The minimum Gasteiger partial charge on any atom is -0.348 e. The molecule has 0 radical (unpaired) electrons. The Morgan fingerprint density at radius 3 is 2.44 bits per heavy atom. The minimum absolute atomic E-state index is 0.0550. The van der Waals surface area contributed by atoms with Gasteiger partial charge in [-0.15, -0.1) is 11.3 Å². The van der Waals surface area contributed by atoms with E-state index in [1.807, 2.05) is 31.4 Å². The number of amides is 1. The van der Waals surface area contributed by atoms with Crippen molar-refractivity contribution in [3.05, 3.63) is 51.1 Å². The first kappa shape index (κ1) is 20.1. The lowest BCUT2D eigenvalue weighted by atomic mass is 10.0. The van der Waals surface area contributed by atoms with Crippen LogP contribution in [0.3, 0.4) is 0 Å². The van der Waals surface area contributed by atoms with Gasteiger partial charge in [-0.1, -0.05) is 35.8 Å². The lowest BCUT2D eigenvalue weighted by Gasteiger charge is -2.21. The fourth-order valence-corrected chi connectivity index (χ4v) is 4.52. The molecule has 1 aromatic carbocycles. The van der Waals surface area contributed by atoms with Crippen molar-refractivity contribution in [2.75, 3.05) is 6.54 Å². The molecule has 0 spiro atoms. The summed E-state index contributed by atoms with van der Waals surface area (Å²) in [5.74, 6) is 0.0765. The van der Waals surface area contributed by atoms with Gasteiger partial charge in [0.15, 0.2) is 0 Å². The Kier molecular flexibility index (Phi) is 7.18. The van der Waals surface area contributed by atoms with E-state index in [2.05, 4.69) is 26.0 Å². The van der Waals surface area contributed by atoms with E-state index in [4.69, 9.17) is 0 Å². The van der Waals surface area contributed by atoms with E-state index in [-0.39, 0.29) is 35.7 Å². The van der Waals surface area contributed by atoms with Gasteiger partial charge in [0.1, 0.15) is 0 Å². The van der Waals surface area contributed by atoms with Crippen LogP contribution in [0.4, 0.5) is 0 Å². The summed E-state index contributed by atoms with van der Waals surface area (Å²) in [5.41, 5.74) is 0. The summed E-state index contributed by atoms with van der Waals surface area (Å²) in [6.45, 7) is 4.14. The number of carbonyl (C=O) groups excluding carboxylic acids is 1. The van der Waals surface area contributed by atoms with Crippen LogP contribution in [0.25, 0.3) is 0 Å². The molecule has 2 rings (SSSR count). The molecule has 0 aliphatic heterocycles. The largest absolute Gasteiger partial charge is 0.348 e. The van der Waals surface area contributed by atoms with E-state index in [1.54, 1.807) is 23.5 Å². The molecule has 0 aliphatic carbocycles. The first-order valence-corrected chi connectivity index (χ1v) is 11.0. The van der Waals surface area contributed by atoms with Crippen LogP contribution in [0.5, 0.6) is 0 Å². The molecule has 0 saturated carbocycles. The van der Waals surface area contributed by atoms with Crippen molar-refractivity contribution in [3.8, 4) is 0 Å². The number of benzene rings is 1. The third-order valence-corrected chi connectivity index (χ3v) is 6.56. The Bertz CT molecular complexity index is 788. The van der Waals surface area contributed by atoms with Gasteiger partial charge in [0.05, 0.1) is 10.9 Å². The maximum Gasteiger partial charge on any atom is 0.240 e. The predicted molar refractivity (Wildman–Crippen MR) is 104 cm³/mol. The minimum atomic E-state index is -3.61. The molecule has 136 valence electrons.